The molecule has 1 aliphatic rings. The second-order valence-corrected chi connectivity index (χ2v) is 22.0. The van der Waals surface area contributed by atoms with Crippen LogP contribution in [0.1, 0.15) is 160 Å². The first-order chi connectivity index (χ1) is 36.5. The van der Waals surface area contributed by atoms with Crippen molar-refractivity contribution in [3.05, 3.63) is 0 Å². The highest BCUT2D eigenvalue weighted by molar-refractivity contribution is 5.99. The molecule has 1 saturated heterocycles. The van der Waals surface area contributed by atoms with E-state index in [0.717, 1.165) is 19.3 Å². The summed E-state index contributed by atoms with van der Waals surface area (Å²) in [5, 5.41) is 63.4. The van der Waals surface area contributed by atoms with E-state index in [1.807, 2.05) is 6.92 Å². The van der Waals surface area contributed by atoms with Crippen molar-refractivity contribution in [2.24, 2.45) is 29.6 Å². The second-order valence-electron chi connectivity index (χ2n) is 22.0. The summed E-state index contributed by atoms with van der Waals surface area (Å²) in [6.07, 6.45) is -0.101. The Morgan fingerprint density at radius 3 is 1.56 bits per heavy atom. The topological polar surface area (TPSA) is 386 Å². The molecule has 1 heterocycles. The van der Waals surface area contributed by atoms with Gasteiger partial charge < -0.3 is 73.0 Å². The van der Waals surface area contributed by atoms with Gasteiger partial charge in [0.25, 0.3) is 0 Å². The molecule has 3 unspecified atom stereocenters. The highest BCUT2D eigenvalue weighted by Crippen LogP contribution is 2.17. The van der Waals surface area contributed by atoms with Crippen molar-refractivity contribution in [1.29, 1.82) is 0 Å². The standard InChI is InChI=1S/C53H93N9O16/c1-13-15-16-17-18-33(65)24-40(66)54-35(21-27(3)4)46(70)55-34(19-20-41(67)68)45(69)62-44-32(12)78-53(77)43(31(11)14-2)61-50(74)39(26-64)59-47(71)36(22-28(5)6)56-49(73)38(25-63)58-48(72)37(23-29(7)8)57-51(75)42(30(9)10)60-52(44)76/h27-39,42-44,63-65H,13-26H2,1-12H3,(H,54,66)(H,55,70)(H,56,73)(H,57,75)(H,58,72)(H,59,71)(H,60,76)(H,61,74)(H,62,69)(H,67,68)/t31?,32?,33?,34-,35+,36+,37+,38-,39-,42-,43+,44+/m1/s1. The van der Waals surface area contributed by atoms with Gasteiger partial charge in [-0.2, -0.15) is 0 Å². The van der Waals surface area contributed by atoms with Gasteiger partial charge >= 0.3 is 11.9 Å². The molecule has 1 fully saturated rings. The third-order valence-electron chi connectivity index (χ3n) is 13.1. The van der Waals surface area contributed by atoms with Crippen molar-refractivity contribution in [2.45, 2.75) is 227 Å². The molecule has 12 atom stereocenters. The van der Waals surface area contributed by atoms with Gasteiger partial charge in [0.2, 0.25) is 53.2 Å². The van der Waals surface area contributed by atoms with Crippen LogP contribution in [-0.2, 0) is 57.5 Å². The highest BCUT2D eigenvalue weighted by atomic mass is 16.5. The number of esters is 1. The van der Waals surface area contributed by atoms with E-state index in [1.54, 1.807) is 69.2 Å². The van der Waals surface area contributed by atoms with Crippen LogP contribution in [0.15, 0.2) is 0 Å². The van der Waals surface area contributed by atoms with E-state index in [4.69, 9.17) is 4.74 Å². The fourth-order valence-corrected chi connectivity index (χ4v) is 8.44. The molecular formula is C53H93N9O16. The van der Waals surface area contributed by atoms with Crippen molar-refractivity contribution >= 4 is 65.1 Å². The summed E-state index contributed by atoms with van der Waals surface area (Å²) in [4.78, 5) is 152. The molecule has 0 spiro atoms. The number of aliphatic hydroxyl groups is 3. The van der Waals surface area contributed by atoms with E-state index in [9.17, 15) is 73.2 Å². The number of nitrogens with one attached hydrogen (secondary N) is 9. The van der Waals surface area contributed by atoms with Crippen LogP contribution < -0.4 is 47.9 Å². The molecule has 78 heavy (non-hydrogen) atoms. The summed E-state index contributed by atoms with van der Waals surface area (Å²) in [5.41, 5.74) is 0. The monoisotopic (exact) mass is 1110 g/mol. The molecule has 0 aromatic rings. The summed E-state index contributed by atoms with van der Waals surface area (Å²) >= 11 is 0. The van der Waals surface area contributed by atoms with E-state index in [0.29, 0.717) is 12.8 Å². The summed E-state index contributed by atoms with van der Waals surface area (Å²) in [6, 6.07) is -14.1. The van der Waals surface area contributed by atoms with Gasteiger partial charge in [0.15, 0.2) is 0 Å². The zero-order valence-electron chi connectivity index (χ0n) is 47.8. The number of ether oxygens (including phenoxy) is 1. The van der Waals surface area contributed by atoms with E-state index >= 15 is 0 Å². The first kappa shape index (κ1) is 70.1. The van der Waals surface area contributed by atoms with Crippen LogP contribution in [0, 0.1) is 29.6 Å². The van der Waals surface area contributed by atoms with Gasteiger partial charge in [-0.15, -0.1) is 0 Å². The SMILES string of the molecule is CCCCCCC(O)CC(=O)N[C@@H](CC(C)C)C(=O)N[C@H](CCC(=O)O)C(=O)N[C@@H]1C(=O)N[C@H](C(C)C)C(=O)N[C@@H](CC(C)C)C(=O)N[C@H](CO)C(=O)N[C@@H](CC(C)C)C(=O)N[C@H](CO)C(=O)N[C@@H](C(C)CC)C(=O)OC1C. The largest absolute Gasteiger partial charge is 0.481 e. The number of cyclic esters (lactones) is 1. The zero-order chi connectivity index (χ0) is 59.6. The normalized spacial score (nSPS) is 24.2. The number of hydrogen-bond donors (Lipinski definition) is 13. The number of carbonyl (C=O) groups is 11. The first-order valence-electron chi connectivity index (χ1n) is 27.5. The Hall–Kier alpha value is -5.95. The Morgan fingerprint density at radius 1 is 0.590 bits per heavy atom. The predicted molar refractivity (Wildman–Crippen MR) is 286 cm³/mol. The first-order valence-corrected chi connectivity index (χ1v) is 27.5. The summed E-state index contributed by atoms with van der Waals surface area (Å²) in [7, 11) is 0. The minimum atomic E-state index is -1.95. The van der Waals surface area contributed by atoms with Crippen molar-refractivity contribution in [1.82, 2.24) is 47.9 Å². The minimum Gasteiger partial charge on any atom is -0.481 e. The highest BCUT2D eigenvalue weighted by Gasteiger charge is 2.40. The van der Waals surface area contributed by atoms with Crippen molar-refractivity contribution in [2.75, 3.05) is 13.2 Å². The second kappa shape index (κ2) is 35.5. The lowest BCUT2D eigenvalue weighted by Gasteiger charge is -2.32. The lowest BCUT2D eigenvalue weighted by atomic mass is 9.98. The van der Waals surface area contributed by atoms with Gasteiger partial charge in [-0.25, -0.2) is 4.79 Å². The molecule has 1 aliphatic heterocycles. The number of aliphatic hydroxyl groups excluding tert-OH is 3. The maximum Gasteiger partial charge on any atom is 0.329 e. The van der Waals surface area contributed by atoms with Crippen LogP contribution >= 0.6 is 0 Å². The molecule has 13 N–H and O–H groups in total. The van der Waals surface area contributed by atoms with E-state index < -0.39 is 170 Å². The fraction of sp³-hybridized carbons (Fsp3) is 0.792. The van der Waals surface area contributed by atoms with Gasteiger partial charge in [-0.05, 0) is 68.6 Å². The third-order valence-corrected chi connectivity index (χ3v) is 13.1. The molecule has 0 radical (unpaired) electrons. The maximum absolute atomic E-state index is 14.7. The Labute approximate surface area is 459 Å². The van der Waals surface area contributed by atoms with Gasteiger partial charge in [-0.1, -0.05) is 108 Å². The van der Waals surface area contributed by atoms with Crippen LogP contribution in [0.4, 0.5) is 0 Å². The van der Waals surface area contributed by atoms with E-state index in [2.05, 4.69) is 47.9 Å². The quantitative estimate of drug-likeness (QED) is 0.0391. The molecule has 0 aliphatic carbocycles. The molecule has 0 aromatic heterocycles. The molecule has 1 rings (SSSR count). The molecule has 446 valence electrons. The summed E-state index contributed by atoms with van der Waals surface area (Å²) < 4.78 is 5.81. The number of aliphatic carboxylic acids is 1. The van der Waals surface area contributed by atoms with Gasteiger partial charge in [0.05, 0.1) is 25.7 Å². The lowest BCUT2D eigenvalue weighted by molar-refractivity contribution is -0.158. The summed E-state index contributed by atoms with van der Waals surface area (Å²) in [5.74, 6) is -13.4. The molecule has 25 heteroatoms. The maximum atomic E-state index is 14.7. The average molecular weight is 1110 g/mol. The van der Waals surface area contributed by atoms with Crippen molar-refractivity contribution in [3.63, 3.8) is 0 Å². The molecular weight excluding hydrogens is 1020 g/mol. The predicted octanol–water partition coefficient (Wildman–Crippen LogP) is -0.294. The number of carboxylic acids is 1. The number of unbranched alkanes of at least 4 members (excludes halogenated alkanes) is 3. The van der Waals surface area contributed by atoms with E-state index in [1.165, 1.54) is 6.92 Å². The van der Waals surface area contributed by atoms with Gasteiger partial charge in [0.1, 0.15) is 60.5 Å². The number of carbonyl (C=O) groups excluding carboxylic acids is 10. The van der Waals surface area contributed by atoms with Crippen LogP contribution in [0.2, 0.25) is 0 Å². The van der Waals surface area contributed by atoms with Gasteiger partial charge in [0, 0.05) is 6.42 Å². The van der Waals surface area contributed by atoms with Crippen LogP contribution in [0.3, 0.4) is 0 Å². The van der Waals surface area contributed by atoms with Crippen molar-refractivity contribution < 1.29 is 77.9 Å². The number of hydrogen-bond acceptors (Lipinski definition) is 15. The Bertz CT molecular complexity index is 2000. The molecule has 0 bridgehead atoms. The number of amides is 9. The van der Waals surface area contributed by atoms with Crippen LogP contribution in [0.25, 0.3) is 0 Å². The molecule has 0 aromatic carbocycles. The lowest BCUT2D eigenvalue weighted by Crippen LogP contribution is -2.64. The average Bonchev–Trinajstić information content (AvgIpc) is 3.34. The molecule has 9 amide bonds. The Balaban J connectivity index is 4.01. The Kier molecular flexibility index (Phi) is 31.9. The summed E-state index contributed by atoms with van der Waals surface area (Å²) in [6.45, 7) is 18.2. The van der Waals surface area contributed by atoms with E-state index in [-0.39, 0.29) is 49.9 Å². The Morgan fingerprint density at radius 2 is 1.09 bits per heavy atom. The molecule has 25 nitrogen and oxygen atoms in total. The van der Waals surface area contributed by atoms with Crippen LogP contribution in [0.5, 0.6) is 0 Å². The number of carboxylic acid groups (broad SMARTS) is 1. The smallest absolute Gasteiger partial charge is 0.329 e. The third kappa shape index (κ3) is 25.2. The van der Waals surface area contributed by atoms with Gasteiger partial charge in [-0.3, -0.25) is 47.9 Å². The minimum absolute atomic E-state index is 0.0101. The fourth-order valence-electron chi connectivity index (χ4n) is 8.44. The zero-order valence-corrected chi connectivity index (χ0v) is 47.8. The molecule has 0 saturated carbocycles. The van der Waals surface area contributed by atoms with Crippen molar-refractivity contribution in [3.8, 4) is 0 Å². The van der Waals surface area contributed by atoms with Crippen LogP contribution in [-0.4, -0.2) is 165 Å². The number of rotatable bonds is 26.